The van der Waals surface area contributed by atoms with E-state index >= 15 is 0 Å². The van der Waals surface area contributed by atoms with Gasteiger partial charge in [-0.05, 0) is 74.4 Å². The molecule has 0 aromatic heterocycles. The molecule has 3 aromatic carbocycles. The Hall–Kier alpha value is -4.19. The Morgan fingerprint density at radius 1 is 0.974 bits per heavy atom. The first kappa shape index (κ1) is 25.5. The highest BCUT2D eigenvalue weighted by Gasteiger charge is 2.32. The van der Waals surface area contributed by atoms with Crippen LogP contribution in [0.2, 0.25) is 0 Å². The number of ether oxygens (including phenoxy) is 5. The standard InChI is InChI=1S/C32H32O6/c1-32(2)14-13-27-30-22(16-23(19-37-30)26-11-10-25(35-4)18-29(26)36-5)15-21(31(27)38-32)9-12-28(33)20-7-6-8-24(17-20)34-3/h6-15,17-18,23H,16,19H2,1-5H3/b12-9+/t23-/m0/s1. The van der Waals surface area contributed by atoms with E-state index in [2.05, 4.69) is 12.1 Å². The third-order valence-electron chi connectivity index (χ3n) is 6.93. The van der Waals surface area contributed by atoms with Crippen LogP contribution in [0.4, 0.5) is 0 Å². The van der Waals surface area contributed by atoms with Crippen molar-refractivity contribution in [3.8, 4) is 28.7 Å². The molecule has 0 saturated heterocycles. The Morgan fingerprint density at radius 3 is 2.53 bits per heavy atom. The average molecular weight is 513 g/mol. The van der Waals surface area contributed by atoms with Crippen molar-refractivity contribution in [3.05, 3.63) is 88.5 Å². The fourth-order valence-electron chi connectivity index (χ4n) is 4.94. The third kappa shape index (κ3) is 4.99. The van der Waals surface area contributed by atoms with Gasteiger partial charge in [0.15, 0.2) is 5.78 Å². The zero-order chi connectivity index (χ0) is 26.9. The van der Waals surface area contributed by atoms with Gasteiger partial charge in [-0.2, -0.15) is 0 Å². The number of allylic oxidation sites excluding steroid dienone is 1. The summed E-state index contributed by atoms with van der Waals surface area (Å²) in [5, 5.41) is 0. The molecular formula is C32H32O6. The first-order valence-corrected chi connectivity index (χ1v) is 12.6. The van der Waals surface area contributed by atoms with E-state index in [1.807, 2.05) is 56.3 Å². The Bertz CT molecular complexity index is 1430. The average Bonchev–Trinajstić information content (AvgIpc) is 2.94. The van der Waals surface area contributed by atoms with E-state index in [1.165, 1.54) is 0 Å². The minimum absolute atomic E-state index is 0.0987. The number of hydrogen-bond acceptors (Lipinski definition) is 6. The smallest absolute Gasteiger partial charge is 0.185 e. The summed E-state index contributed by atoms with van der Waals surface area (Å²) in [5.74, 6) is 3.68. The zero-order valence-corrected chi connectivity index (χ0v) is 22.4. The van der Waals surface area contributed by atoms with Gasteiger partial charge in [-0.3, -0.25) is 4.79 Å². The highest BCUT2D eigenvalue weighted by molar-refractivity contribution is 6.07. The zero-order valence-electron chi connectivity index (χ0n) is 22.4. The molecule has 0 unspecified atom stereocenters. The van der Waals surface area contributed by atoms with Crippen LogP contribution in [0.5, 0.6) is 28.7 Å². The minimum atomic E-state index is -0.478. The molecule has 0 bridgehead atoms. The molecule has 6 nitrogen and oxygen atoms in total. The number of methoxy groups -OCH3 is 3. The van der Waals surface area contributed by atoms with Crippen molar-refractivity contribution in [2.75, 3.05) is 27.9 Å². The lowest BCUT2D eigenvalue weighted by atomic mass is 9.86. The number of benzene rings is 3. The summed E-state index contributed by atoms with van der Waals surface area (Å²) in [6.07, 6.45) is 8.26. The van der Waals surface area contributed by atoms with Crippen molar-refractivity contribution in [1.82, 2.24) is 0 Å². The van der Waals surface area contributed by atoms with Gasteiger partial charge in [0.05, 0.1) is 33.5 Å². The number of carbonyl (C=O) groups is 1. The second kappa shape index (κ2) is 10.3. The molecule has 0 spiro atoms. The molecule has 2 aliphatic heterocycles. The molecule has 6 heteroatoms. The summed E-state index contributed by atoms with van der Waals surface area (Å²) in [4.78, 5) is 13.0. The molecule has 0 aliphatic carbocycles. The highest BCUT2D eigenvalue weighted by atomic mass is 16.5. The van der Waals surface area contributed by atoms with Crippen LogP contribution in [0.3, 0.4) is 0 Å². The van der Waals surface area contributed by atoms with Gasteiger partial charge in [-0.25, -0.2) is 0 Å². The van der Waals surface area contributed by atoms with Gasteiger partial charge in [-0.15, -0.1) is 0 Å². The van der Waals surface area contributed by atoms with Crippen LogP contribution >= 0.6 is 0 Å². The van der Waals surface area contributed by atoms with Gasteiger partial charge in [0.2, 0.25) is 0 Å². The van der Waals surface area contributed by atoms with Crippen LogP contribution in [0.1, 0.15) is 52.4 Å². The van der Waals surface area contributed by atoms with E-state index in [0.717, 1.165) is 45.9 Å². The van der Waals surface area contributed by atoms with Gasteiger partial charge in [0.1, 0.15) is 34.3 Å². The van der Waals surface area contributed by atoms with E-state index in [0.29, 0.717) is 23.7 Å². The quantitative estimate of drug-likeness (QED) is 0.266. The molecule has 0 fully saturated rings. The fraction of sp³-hybridized carbons (Fsp3) is 0.281. The van der Waals surface area contributed by atoms with Crippen LogP contribution in [-0.4, -0.2) is 39.3 Å². The molecule has 196 valence electrons. The number of rotatable bonds is 7. The van der Waals surface area contributed by atoms with Crippen molar-refractivity contribution in [2.24, 2.45) is 0 Å². The van der Waals surface area contributed by atoms with Gasteiger partial charge < -0.3 is 23.7 Å². The van der Waals surface area contributed by atoms with Crippen molar-refractivity contribution in [3.63, 3.8) is 0 Å². The molecule has 0 N–H and O–H groups in total. The number of ketones is 1. The minimum Gasteiger partial charge on any atom is -0.497 e. The van der Waals surface area contributed by atoms with Crippen molar-refractivity contribution in [2.45, 2.75) is 31.8 Å². The molecule has 1 atom stereocenters. The van der Waals surface area contributed by atoms with Crippen LogP contribution in [0, 0.1) is 0 Å². The number of fused-ring (bicyclic) bond motifs is 3. The maximum Gasteiger partial charge on any atom is 0.185 e. The first-order valence-electron chi connectivity index (χ1n) is 12.6. The van der Waals surface area contributed by atoms with Gasteiger partial charge in [0.25, 0.3) is 0 Å². The second-order valence-electron chi connectivity index (χ2n) is 9.99. The van der Waals surface area contributed by atoms with Crippen LogP contribution in [0.25, 0.3) is 12.2 Å². The van der Waals surface area contributed by atoms with Gasteiger partial charge >= 0.3 is 0 Å². The Labute approximate surface area is 223 Å². The molecule has 0 amide bonds. The third-order valence-corrected chi connectivity index (χ3v) is 6.93. The van der Waals surface area contributed by atoms with Crippen molar-refractivity contribution < 1.29 is 28.5 Å². The lowest BCUT2D eigenvalue weighted by molar-refractivity contribution is 0.104. The summed E-state index contributed by atoms with van der Waals surface area (Å²) >= 11 is 0. The second-order valence-corrected chi connectivity index (χ2v) is 9.99. The highest BCUT2D eigenvalue weighted by Crippen LogP contribution is 2.46. The predicted octanol–water partition coefficient (Wildman–Crippen LogP) is 6.51. The fourth-order valence-corrected chi connectivity index (χ4v) is 4.94. The predicted molar refractivity (Wildman–Crippen MR) is 148 cm³/mol. The summed E-state index contributed by atoms with van der Waals surface area (Å²) in [6, 6.07) is 15.1. The van der Waals surface area contributed by atoms with Crippen LogP contribution < -0.4 is 23.7 Å². The van der Waals surface area contributed by atoms with Gasteiger partial charge in [-0.1, -0.05) is 18.2 Å². The first-order chi connectivity index (χ1) is 18.3. The molecule has 0 radical (unpaired) electrons. The van der Waals surface area contributed by atoms with Crippen molar-refractivity contribution in [1.29, 1.82) is 0 Å². The maximum atomic E-state index is 13.0. The SMILES string of the molecule is COc1cccc(C(=O)/C=C/c2cc3c(c4c2OC(C)(C)C=C4)OC[C@@H](c2ccc(OC)cc2OC)C3)c1. The van der Waals surface area contributed by atoms with E-state index in [9.17, 15) is 4.79 Å². The summed E-state index contributed by atoms with van der Waals surface area (Å²) < 4.78 is 29.0. The molecule has 38 heavy (non-hydrogen) atoms. The molecule has 3 aromatic rings. The summed E-state index contributed by atoms with van der Waals surface area (Å²) in [6.45, 7) is 4.53. The summed E-state index contributed by atoms with van der Waals surface area (Å²) in [5.41, 5.74) is 3.93. The monoisotopic (exact) mass is 512 g/mol. The number of hydrogen-bond donors (Lipinski definition) is 0. The van der Waals surface area contributed by atoms with E-state index in [-0.39, 0.29) is 11.7 Å². The van der Waals surface area contributed by atoms with Crippen molar-refractivity contribution >= 4 is 17.9 Å². The summed E-state index contributed by atoms with van der Waals surface area (Å²) in [7, 11) is 4.89. The molecular weight excluding hydrogens is 480 g/mol. The topological polar surface area (TPSA) is 63.2 Å². The van der Waals surface area contributed by atoms with Gasteiger partial charge in [0, 0.05) is 28.7 Å². The molecule has 0 saturated carbocycles. The molecule has 2 aliphatic rings. The lowest BCUT2D eigenvalue weighted by Gasteiger charge is -2.34. The normalized spacial score (nSPS) is 17.1. The Morgan fingerprint density at radius 2 is 1.76 bits per heavy atom. The number of carbonyl (C=O) groups excluding carboxylic acids is 1. The van der Waals surface area contributed by atoms with E-state index < -0.39 is 5.60 Å². The Kier molecular flexibility index (Phi) is 6.89. The largest absolute Gasteiger partial charge is 0.497 e. The lowest BCUT2D eigenvalue weighted by Crippen LogP contribution is -2.29. The van der Waals surface area contributed by atoms with Crippen LogP contribution in [0.15, 0.2) is 60.7 Å². The maximum absolute atomic E-state index is 13.0. The molecule has 2 heterocycles. The van der Waals surface area contributed by atoms with Crippen LogP contribution in [-0.2, 0) is 6.42 Å². The van der Waals surface area contributed by atoms with E-state index in [4.69, 9.17) is 23.7 Å². The van der Waals surface area contributed by atoms with E-state index in [1.54, 1.807) is 39.5 Å². The molecule has 5 rings (SSSR count). The Balaban J connectivity index is 1.52.